The second-order valence-corrected chi connectivity index (χ2v) is 8.01. The normalized spacial score (nSPS) is 10.9. The highest BCUT2D eigenvalue weighted by Crippen LogP contribution is 2.13. The Morgan fingerprint density at radius 1 is 0.652 bits per heavy atom. The lowest BCUT2D eigenvalue weighted by molar-refractivity contribution is 0.308. The highest BCUT2D eigenvalue weighted by Gasteiger charge is 1.96. The fourth-order valence-electron chi connectivity index (χ4n) is 2.86. The first kappa shape index (κ1) is 23.2. The molecule has 0 rings (SSSR count). The summed E-state index contributed by atoms with van der Waals surface area (Å²) >= 11 is 6.53. The van der Waals surface area contributed by atoms with Crippen molar-refractivity contribution in [3.63, 3.8) is 0 Å². The molecule has 0 unspecified atom stereocenters. The first-order valence-electron chi connectivity index (χ1n) is 10.0. The van der Waals surface area contributed by atoms with E-state index in [-0.39, 0.29) is 0 Å². The van der Waals surface area contributed by atoms with Crippen molar-refractivity contribution in [2.24, 2.45) is 0 Å². The minimum absolute atomic E-state index is 0.686. The summed E-state index contributed by atoms with van der Waals surface area (Å²) in [7, 11) is 0. The van der Waals surface area contributed by atoms with Gasteiger partial charge in [0, 0.05) is 0 Å². The summed E-state index contributed by atoms with van der Waals surface area (Å²) in [5.41, 5.74) is 0. The Morgan fingerprint density at radius 2 is 1.00 bits per heavy atom. The van der Waals surface area contributed by atoms with Gasteiger partial charge in [0.25, 0.3) is 0 Å². The molecule has 0 heterocycles. The van der Waals surface area contributed by atoms with E-state index in [1.165, 1.54) is 108 Å². The lowest BCUT2D eigenvalue weighted by atomic mass is 10.0. The Balaban J connectivity index is 2.99. The van der Waals surface area contributed by atoms with Crippen molar-refractivity contribution in [2.75, 3.05) is 12.9 Å². The van der Waals surface area contributed by atoms with Crippen LogP contribution in [0.25, 0.3) is 0 Å². The van der Waals surface area contributed by atoms with E-state index in [1.807, 2.05) is 6.26 Å². The van der Waals surface area contributed by atoms with E-state index in [0.29, 0.717) is 4.38 Å². The van der Waals surface area contributed by atoms with Crippen molar-refractivity contribution in [2.45, 2.75) is 110 Å². The molecule has 0 spiro atoms. The first-order valence-corrected chi connectivity index (χ1v) is 11.6. The summed E-state index contributed by atoms with van der Waals surface area (Å²) in [5, 5.41) is 0. The topological polar surface area (TPSA) is 9.23 Å². The smallest absolute Gasteiger partial charge is 0.219 e. The molecule has 1 nitrogen and oxygen atoms in total. The summed E-state index contributed by atoms with van der Waals surface area (Å²) in [6, 6.07) is 0. The van der Waals surface area contributed by atoms with Gasteiger partial charge >= 0.3 is 0 Å². The minimum Gasteiger partial charge on any atom is -0.479 e. The Kier molecular flexibility index (Phi) is 20.5. The van der Waals surface area contributed by atoms with Gasteiger partial charge in [-0.3, -0.25) is 0 Å². The van der Waals surface area contributed by atoms with Crippen LogP contribution in [0.1, 0.15) is 110 Å². The zero-order valence-electron chi connectivity index (χ0n) is 15.7. The summed E-state index contributed by atoms with van der Waals surface area (Å²) < 4.78 is 6.09. The highest BCUT2D eigenvalue weighted by atomic mass is 32.2. The molecule has 0 aromatic rings. The number of hydrogen-bond donors (Lipinski definition) is 0. The molecule has 0 bridgehead atoms. The molecular formula is C20H40OS2. The van der Waals surface area contributed by atoms with E-state index in [0.717, 1.165) is 13.0 Å². The van der Waals surface area contributed by atoms with Crippen molar-refractivity contribution < 1.29 is 4.74 Å². The van der Waals surface area contributed by atoms with Gasteiger partial charge in [-0.25, -0.2) is 0 Å². The van der Waals surface area contributed by atoms with Gasteiger partial charge in [-0.2, -0.15) is 0 Å². The molecule has 0 amide bonds. The molecule has 0 aliphatic carbocycles. The maximum Gasteiger partial charge on any atom is 0.219 e. The van der Waals surface area contributed by atoms with Crippen LogP contribution in [0.2, 0.25) is 0 Å². The molecule has 0 aromatic heterocycles. The number of rotatable bonds is 17. The van der Waals surface area contributed by atoms with Crippen molar-refractivity contribution in [3.05, 3.63) is 0 Å². The standard InChI is InChI=1S/C20H40OS2/c1-3-4-5-6-7-8-9-10-11-12-13-14-15-16-17-18-19-21-20(22)23-2/h3-19H2,1-2H3. The van der Waals surface area contributed by atoms with Crippen LogP contribution in [0.3, 0.4) is 0 Å². The summed E-state index contributed by atoms with van der Waals surface area (Å²) in [6.45, 7) is 3.09. The van der Waals surface area contributed by atoms with Crippen LogP contribution >= 0.6 is 24.0 Å². The second-order valence-electron chi connectivity index (χ2n) is 6.61. The van der Waals surface area contributed by atoms with Crippen molar-refractivity contribution >= 4 is 28.4 Å². The first-order chi connectivity index (χ1) is 11.3. The van der Waals surface area contributed by atoms with Gasteiger partial charge in [0.1, 0.15) is 0 Å². The van der Waals surface area contributed by atoms with E-state index in [1.54, 1.807) is 0 Å². The van der Waals surface area contributed by atoms with E-state index in [4.69, 9.17) is 17.0 Å². The molecule has 0 N–H and O–H groups in total. The van der Waals surface area contributed by atoms with Gasteiger partial charge in [-0.15, -0.1) is 0 Å². The van der Waals surface area contributed by atoms with E-state index in [2.05, 4.69) is 6.92 Å². The van der Waals surface area contributed by atoms with Crippen LogP contribution in [0.5, 0.6) is 0 Å². The van der Waals surface area contributed by atoms with Crippen LogP contribution in [-0.2, 0) is 4.74 Å². The molecule has 138 valence electrons. The molecular weight excluding hydrogens is 320 g/mol. The molecule has 3 heteroatoms. The van der Waals surface area contributed by atoms with Crippen molar-refractivity contribution in [1.82, 2.24) is 0 Å². The number of hydrogen-bond acceptors (Lipinski definition) is 3. The van der Waals surface area contributed by atoms with Gasteiger partial charge in [0.05, 0.1) is 6.61 Å². The van der Waals surface area contributed by atoms with E-state index >= 15 is 0 Å². The number of ether oxygens (including phenoxy) is 1. The minimum atomic E-state index is 0.686. The molecule has 0 aliphatic heterocycles. The van der Waals surface area contributed by atoms with Crippen LogP contribution < -0.4 is 0 Å². The Labute approximate surface area is 155 Å². The van der Waals surface area contributed by atoms with Gasteiger partial charge in [-0.05, 0) is 24.9 Å². The summed E-state index contributed by atoms with van der Waals surface area (Å²) in [4.78, 5) is 0. The second kappa shape index (κ2) is 20.3. The van der Waals surface area contributed by atoms with Crippen LogP contribution in [-0.4, -0.2) is 17.2 Å². The van der Waals surface area contributed by atoms with Crippen LogP contribution in [0, 0.1) is 0 Å². The molecule has 0 aliphatic rings. The summed E-state index contributed by atoms with van der Waals surface area (Å²) in [5.74, 6) is 0. The van der Waals surface area contributed by atoms with Crippen LogP contribution in [0.15, 0.2) is 0 Å². The predicted octanol–water partition coefficient (Wildman–Crippen LogP) is 7.91. The molecule has 0 atom stereocenters. The average molecular weight is 361 g/mol. The maximum atomic E-state index is 5.40. The number of unbranched alkanes of at least 4 members (excludes halogenated alkanes) is 15. The van der Waals surface area contributed by atoms with Gasteiger partial charge in [-0.1, -0.05) is 115 Å². The monoisotopic (exact) mass is 360 g/mol. The van der Waals surface area contributed by atoms with Gasteiger partial charge < -0.3 is 4.74 Å². The average Bonchev–Trinajstić information content (AvgIpc) is 2.57. The Morgan fingerprint density at radius 3 is 1.35 bits per heavy atom. The zero-order chi connectivity index (χ0) is 17.0. The molecule has 0 saturated heterocycles. The number of thioether (sulfide) groups is 1. The molecule has 0 saturated carbocycles. The van der Waals surface area contributed by atoms with Gasteiger partial charge in [0.15, 0.2) is 0 Å². The largest absolute Gasteiger partial charge is 0.479 e. The van der Waals surface area contributed by atoms with Crippen molar-refractivity contribution in [1.29, 1.82) is 0 Å². The third-order valence-electron chi connectivity index (χ3n) is 4.38. The van der Waals surface area contributed by atoms with E-state index < -0.39 is 0 Å². The van der Waals surface area contributed by atoms with Crippen molar-refractivity contribution in [3.8, 4) is 0 Å². The molecule has 23 heavy (non-hydrogen) atoms. The van der Waals surface area contributed by atoms with E-state index in [9.17, 15) is 0 Å². The molecule has 0 aromatic carbocycles. The Bertz CT molecular complexity index is 244. The zero-order valence-corrected chi connectivity index (χ0v) is 17.4. The molecule has 0 radical (unpaired) electrons. The molecule has 0 fully saturated rings. The highest BCUT2D eigenvalue weighted by molar-refractivity contribution is 8.22. The van der Waals surface area contributed by atoms with Gasteiger partial charge in [0.2, 0.25) is 4.38 Å². The summed E-state index contributed by atoms with van der Waals surface area (Å²) in [6.07, 6.45) is 24.5. The predicted molar refractivity (Wildman–Crippen MR) is 112 cm³/mol. The number of thiocarbonyl (C=S) groups is 1. The maximum absolute atomic E-state index is 5.40. The fourth-order valence-corrected chi connectivity index (χ4v) is 3.15. The quantitative estimate of drug-likeness (QED) is 0.192. The fraction of sp³-hybridized carbons (Fsp3) is 0.950. The van der Waals surface area contributed by atoms with Crippen LogP contribution in [0.4, 0.5) is 0 Å². The Hall–Kier alpha value is 0.240. The third kappa shape index (κ3) is 20.2. The lowest BCUT2D eigenvalue weighted by Gasteiger charge is -2.05. The third-order valence-corrected chi connectivity index (χ3v) is 5.45. The SMILES string of the molecule is CCCCCCCCCCCCCCCCCCOC(=S)SC. The lowest BCUT2D eigenvalue weighted by Crippen LogP contribution is -1.98.